The second kappa shape index (κ2) is 26.3. The number of nitrogens with zero attached hydrogens (tertiary/aromatic N) is 3. The Labute approximate surface area is 349 Å². The summed E-state index contributed by atoms with van der Waals surface area (Å²) in [7, 11) is 0. The number of amides is 9. The molecule has 1 saturated heterocycles. The first-order valence-corrected chi connectivity index (χ1v) is 18.9. The molecule has 1 aliphatic rings. The molecule has 0 unspecified atom stereocenters. The predicted molar refractivity (Wildman–Crippen MR) is 213 cm³/mol. The van der Waals surface area contributed by atoms with E-state index in [4.69, 9.17) is 45.9 Å². The monoisotopic (exact) mass is 870 g/mol. The Morgan fingerprint density at radius 2 is 1.08 bits per heavy atom. The lowest BCUT2D eigenvalue weighted by Gasteiger charge is -2.30. The molecule has 0 radical (unpaired) electrons. The standard InChI is InChI=1S/C33H58N16O12/c34-15(4-1-9-42-32(38)39)25(54)46-18(12-23(36)52)28(57)47-19(13-24(37)53)27(56)44-16(7-8-22(35)51)26(55)45-17(5-2-10-43-33(40)41)30(59)49-11-3-6-21(49)29(58)48-20(14-50)31(60)61/h15-21,50H,1-14,34H2,(H2,35,51)(H2,36,52)(H2,37,53)(H,44,56)(H,45,55)(H,46,54)(H,47,57)(H,48,58)(H,60,61)(H4,38,39,42)(H4,40,41,43)/t15-,16-,17-,18-,19-,20-,21-/m0/s1. The van der Waals surface area contributed by atoms with E-state index in [0.717, 1.165) is 4.90 Å². The normalized spacial score (nSPS) is 16.2. The molecule has 1 heterocycles. The Morgan fingerprint density at radius 1 is 0.607 bits per heavy atom. The van der Waals surface area contributed by atoms with Crippen LogP contribution in [0.4, 0.5) is 0 Å². The molecule has 28 heteroatoms. The first kappa shape index (κ1) is 52.2. The number of carbonyl (C=O) groups is 10. The number of guanidine groups is 2. The highest BCUT2D eigenvalue weighted by molar-refractivity contribution is 5.99. The molecule has 0 saturated carbocycles. The lowest BCUT2D eigenvalue weighted by Crippen LogP contribution is -2.60. The SMILES string of the molecule is NC(=O)CC[C@H](NC(=O)[C@H](CC(N)=O)NC(=O)[C@H](CC(N)=O)NC(=O)[C@@H](N)CCCN=C(N)N)C(=O)N[C@@H](CCCN=C(N)N)C(=O)N1CCC[C@H]1C(=O)N[C@@H](CO)C(=O)O. The van der Waals surface area contributed by atoms with Crippen molar-refractivity contribution in [3.05, 3.63) is 0 Å². The molecule has 1 rings (SSSR count). The molecule has 342 valence electrons. The average molecular weight is 871 g/mol. The first-order chi connectivity index (χ1) is 28.6. The fourth-order valence-electron chi connectivity index (χ4n) is 5.84. The van der Waals surface area contributed by atoms with Gasteiger partial charge < -0.3 is 87.6 Å². The van der Waals surface area contributed by atoms with Crippen LogP contribution < -0.4 is 72.5 Å². The van der Waals surface area contributed by atoms with Crippen LogP contribution in [0, 0.1) is 0 Å². The van der Waals surface area contributed by atoms with Crippen LogP contribution >= 0.6 is 0 Å². The van der Waals surface area contributed by atoms with Crippen LogP contribution in [0.2, 0.25) is 0 Å². The molecule has 1 fully saturated rings. The minimum absolute atomic E-state index is 0.00690. The van der Waals surface area contributed by atoms with Crippen LogP contribution in [0.15, 0.2) is 9.98 Å². The van der Waals surface area contributed by atoms with Crippen molar-refractivity contribution in [1.29, 1.82) is 0 Å². The summed E-state index contributed by atoms with van der Waals surface area (Å²) in [6.45, 7) is -0.807. The van der Waals surface area contributed by atoms with Gasteiger partial charge in [0.2, 0.25) is 53.2 Å². The number of aliphatic hydroxyl groups is 1. The average Bonchev–Trinajstić information content (AvgIpc) is 3.66. The summed E-state index contributed by atoms with van der Waals surface area (Å²) in [5, 5.41) is 30.0. The summed E-state index contributed by atoms with van der Waals surface area (Å²) < 4.78 is 0. The zero-order chi connectivity index (χ0) is 46.4. The molecule has 0 spiro atoms. The van der Waals surface area contributed by atoms with Crippen molar-refractivity contribution in [2.24, 2.45) is 55.9 Å². The van der Waals surface area contributed by atoms with E-state index in [1.54, 1.807) is 0 Å². The van der Waals surface area contributed by atoms with Gasteiger partial charge in [-0.25, -0.2) is 4.79 Å². The summed E-state index contributed by atoms with van der Waals surface area (Å²) in [5.41, 5.74) is 43.1. The summed E-state index contributed by atoms with van der Waals surface area (Å²) in [4.78, 5) is 136. The molecule has 23 N–H and O–H groups in total. The maximum Gasteiger partial charge on any atom is 0.328 e. The van der Waals surface area contributed by atoms with Crippen molar-refractivity contribution < 1.29 is 58.2 Å². The Balaban J connectivity index is 3.38. The highest BCUT2D eigenvalue weighted by Gasteiger charge is 2.40. The minimum atomic E-state index is -1.86. The van der Waals surface area contributed by atoms with Gasteiger partial charge in [-0.15, -0.1) is 0 Å². The molecule has 9 amide bonds. The van der Waals surface area contributed by atoms with Crippen LogP contribution in [0.3, 0.4) is 0 Å². The Morgan fingerprint density at radius 3 is 1.56 bits per heavy atom. The minimum Gasteiger partial charge on any atom is -0.480 e. The number of primary amides is 3. The van der Waals surface area contributed by atoms with E-state index in [1.807, 2.05) is 0 Å². The number of aliphatic hydroxyl groups excluding tert-OH is 1. The smallest absolute Gasteiger partial charge is 0.328 e. The second-order valence-corrected chi connectivity index (χ2v) is 13.9. The van der Waals surface area contributed by atoms with Gasteiger partial charge in [-0.3, -0.25) is 53.1 Å². The summed E-state index contributed by atoms with van der Waals surface area (Å²) in [6.07, 6.45) is -2.00. The zero-order valence-electron chi connectivity index (χ0n) is 33.4. The van der Waals surface area contributed by atoms with Crippen LogP contribution in [0.25, 0.3) is 0 Å². The summed E-state index contributed by atoms with van der Waals surface area (Å²) >= 11 is 0. The molecular formula is C33H58N16O12. The maximum atomic E-state index is 14.0. The van der Waals surface area contributed by atoms with E-state index >= 15 is 0 Å². The fraction of sp³-hybridized carbons (Fsp3) is 0.636. The van der Waals surface area contributed by atoms with E-state index in [0.29, 0.717) is 6.42 Å². The number of hydrogen-bond acceptors (Lipinski definition) is 14. The Bertz CT molecular complexity index is 1670. The number of nitrogens with two attached hydrogens (primary N) is 8. The van der Waals surface area contributed by atoms with Gasteiger partial charge in [0, 0.05) is 26.1 Å². The van der Waals surface area contributed by atoms with Crippen molar-refractivity contribution in [1.82, 2.24) is 31.5 Å². The van der Waals surface area contributed by atoms with Crippen molar-refractivity contribution >= 4 is 71.1 Å². The third-order valence-corrected chi connectivity index (χ3v) is 8.89. The summed E-state index contributed by atoms with van der Waals surface area (Å²) in [6, 6.07) is -10.8. The van der Waals surface area contributed by atoms with E-state index in [2.05, 4.69) is 36.6 Å². The lowest BCUT2D eigenvalue weighted by atomic mass is 10.0. The molecule has 0 aromatic carbocycles. The number of carbonyl (C=O) groups excluding carboxylic acids is 9. The zero-order valence-corrected chi connectivity index (χ0v) is 33.4. The number of aliphatic imine (C=N–C) groups is 2. The van der Waals surface area contributed by atoms with Crippen LogP contribution in [-0.4, -0.2) is 155 Å². The fourth-order valence-corrected chi connectivity index (χ4v) is 5.84. The lowest BCUT2D eigenvalue weighted by molar-refractivity contribution is -0.145. The molecule has 28 nitrogen and oxygen atoms in total. The van der Waals surface area contributed by atoms with Gasteiger partial charge in [0.05, 0.1) is 25.5 Å². The van der Waals surface area contributed by atoms with Crippen LogP contribution in [-0.2, 0) is 47.9 Å². The molecule has 0 aromatic heterocycles. The molecule has 7 atom stereocenters. The Kier molecular flexibility index (Phi) is 22.5. The number of nitrogens with one attached hydrogen (secondary N) is 5. The van der Waals surface area contributed by atoms with Crippen molar-refractivity contribution in [3.63, 3.8) is 0 Å². The molecule has 0 aromatic rings. The van der Waals surface area contributed by atoms with Gasteiger partial charge in [0.15, 0.2) is 11.9 Å². The quantitative estimate of drug-likeness (QED) is 0.0197. The predicted octanol–water partition coefficient (Wildman–Crippen LogP) is -9.07. The van der Waals surface area contributed by atoms with Crippen molar-refractivity contribution in [2.75, 3.05) is 26.2 Å². The molecule has 0 bridgehead atoms. The molecular weight excluding hydrogens is 812 g/mol. The van der Waals surface area contributed by atoms with Crippen molar-refractivity contribution in [3.8, 4) is 0 Å². The van der Waals surface area contributed by atoms with Gasteiger partial charge in [-0.2, -0.15) is 0 Å². The van der Waals surface area contributed by atoms with Gasteiger partial charge in [0.1, 0.15) is 36.3 Å². The van der Waals surface area contributed by atoms with Crippen LogP contribution in [0.5, 0.6) is 0 Å². The molecule has 1 aliphatic heterocycles. The number of rotatable bonds is 28. The van der Waals surface area contributed by atoms with Gasteiger partial charge >= 0.3 is 5.97 Å². The molecule has 0 aliphatic carbocycles. The Hall–Kier alpha value is -6.84. The second-order valence-electron chi connectivity index (χ2n) is 13.9. The van der Waals surface area contributed by atoms with E-state index in [1.165, 1.54) is 0 Å². The van der Waals surface area contributed by atoms with Gasteiger partial charge in [0.25, 0.3) is 0 Å². The van der Waals surface area contributed by atoms with Gasteiger partial charge in [-0.1, -0.05) is 0 Å². The van der Waals surface area contributed by atoms with Crippen LogP contribution in [0.1, 0.15) is 64.2 Å². The highest BCUT2D eigenvalue weighted by Crippen LogP contribution is 2.20. The number of carboxylic acids is 1. The third-order valence-electron chi connectivity index (χ3n) is 8.89. The number of hydrogen-bond donors (Lipinski definition) is 15. The van der Waals surface area contributed by atoms with Gasteiger partial charge in [-0.05, 0) is 44.9 Å². The first-order valence-electron chi connectivity index (χ1n) is 18.9. The highest BCUT2D eigenvalue weighted by atomic mass is 16.4. The van der Waals surface area contributed by atoms with E-state index < -0.39 is 134 Å². The molecule has 61 heavy (non-hydrogen) atoms. The van der Waals surface area contributed by atoms with Crippen molar-refractivity contribution in [2.45, 2.75) is 107 Å². The maximum absolute atomic E-state index is 14.0. The topological polar surface area (TPSA) is 507 Å². The number of likely N-dealkylation sites (tertiary alicyclic amines) is 1. The number of carboxylic acid groups (broad SMARTS) is 1. The van der Waals surface area contributed by atoms with E-state index in [9.17, 15) is 58.2 Å². The third kappa shape index (κ3) is 19.6. The largest absolute Gasteiger partial charge is 0.480 e. The van der Waals surface area contributed by atoms with E-state index in [-0.39, 0.29) is 63.7 Å². The number of aliphatic carboxylic acids is 1. The summed E-state index contributed by atoms with van der Waals surface area (Å²) in [5.74, 6) is -11.1.